The molecule has 0 bridgehead atoms. The van der Waals surface area contributed by atoms with Crippen LogP contribution in [0.3, 0.4) is 0 Å². The van der Waals surface area contributed by atoms with E-state index >= 15 is 0 Å². The van der Waals surface area contributed by atoms with Gasteiger partial charge < -0.3 is 5.11 Å². The Kier molecular flexibility index (Phi) is 4.15. The lowest BCUT2D eigenvalue weighted by Crippen LogP contribution is -2.47. The number of aryl methyl sites for hydroxylation is 1. The largest absolute Gasteiger partial charge is 0.480 e. The Labute approximate surface area is 108 Å². The molecule has 0 spiro atoms. The fraction of sp³-hybridized carbons (Fsp3) is 0.545. The van der Waals surface area contributed by atoms with Gasteiger partial charge in [-0.05, 0) is 49.8 Å². The van der Waals surface area contributed by atoms with Gasteiger partial charge in [0.2, 0.25) is 0 Å². The number of thiophene rings is 1. The highest BCUT2D eigenvalue weighted by atomic mass is 79.9. The minimum Gasteiger partial charge on any atom is -0.480 e. The molecule has 1 aromatic rings. The summed E-state index contributed by atoms with van der Waals surface area (Å²) in [5, 5.41) is 9.10. The molecule has 0 atom stereocenters. The Morgan fingerprint density at radius 1 is 1.62 bits per heavy atom. The lowest BCUT2D eigenvalue weighted by molar-refractivity contribution is -0.148. The van der Waals surface area contributed by atoms with E-state index in [9.17, 15) is 4.79 Å². The lowest BCUT2D eigenvalue weighted by Gasteiger charge is -2.30. The molecule has 0 unspecified atom stereocenters. The first-order valence-electron chi connectivity index (χ1n) is 4.94. The van der Waals surface area contributed by atoms with Crippen LogP contribution in [-0.2, 0) is 11.3 Å². The molecule has 0 saturated carbocycles. The smallest absolute Gasteiger partial charge is 0.323 e. The van der Waals surface area contributed by atoms with E-state index in [0.717, 1.165) is 4.47 Å². The van der Waals surface area contributed by atoms with Crippen molar-refractivity contribution in [1.29, 1.82) is 0 Å². The second kappa shape index (κ2) is 4.85. The lowest BCUT2D eigenvalue weighted by atomic mass is 10.0. The zero-order valence-corrected chi connectivity index (χ0v) is 12.3. The van der Waals surface area contributed by atoms with E-state index in [0.29, 0.717) is 6.54 Å². The average molecular weight is 306 g/mol. The average Bonchev–Trinajstić information content (AvgIpc) is 2.45. The Hall–Kier alpha value is -0.390. The van der Waals surface area contributed by atoms with Gasteiger partial charge in [-0.1, -0.05) is 0 Å². The molecule has 0 aliphatic carbocycles. The fourth-order valence-electron chi connectivity index (χ4n) is 1.19. The van der Waals surface area contributed by atoms with Crippen molar-refractivity contribution in [1.82, 2.24) is 4.90 Å². The monoisotopic (exact) mass is 305 g/mol. The van der Waals surface area contributed by atoms with Crippen LogP contribution < -0.4 is 0 Å². The third-order valence-electron chi connectivity index (χ3n) is 2.78. The number of hydrogen-bond donors (Lipinski definition) is 1. The number of hydrogen-bond acceptors (Lipinski definition) is 3. The highest BCUT2D eigenvalue weighted by Gasteiger charge is 2.32. The van der Waals surface area contributed by atoms with Crippen molar-refractivity contribution >= 4 is 33.2 Å². The molecule has 1 N–H and O–H groups in total. The predicted molar refractivity (Wildman–Crippen MR) is 69.9 cm³/mol. The normalized spacial score (nSPS) is 12.1. The summed E-state index contributed by atoms with van der Waals surface area (Å²) < 4.78 is 1.09. The molecule has 90 valence electrons. The summed E-state index contributed by atoms with van der Waals surface area (Å²) in [6.07, 6.45) is 0. The molecule has 0 aliphatic rings. The molecule has 0 fully saturated rings. The molecule has 0 aliphatic heterocycles. The summed E-state index contributed by atoms with van der Waals surface area (Å²) in [6.45, 7) is 6.12. The first-order chi connectivity index (χ1) is 7.25. The first kappa shape index (κ1) is 13.7. The first-order valence-corrected chi connectivity index (χ1v) is 6.55. The number of nitrogens with zero attached hydrogens (tertiary/aromatic N) is 1. The molecule has 5 heteroatoms. The molecule has 1 rings (SSSR count). The molecule has 1 aromatic heterocycles. The Morgan fingerprint density at radius 2 is 2.19 bits per heavy atom. The van der Waals surface area contributed by atoms with Crippen LogP contribution in [0, 0.1) is 6.92 Å². The number of carboxylic acids is 1. The summed E-state index contributed by atoms with van der Waals surface area (Å²) in [5.74, 6) is -0.803. The van der Waals surface area contributed by atoms with Gasteiger partial charge in [-0.3, -0.25) is 9.69 Å². The van der Waals surface area contributed by atoms with Gasteiger partial charge in [0.15, 0.2) is 0 Å². The van der Waals surface area contributed by atoms with Crippen LogP contribution in [0.15, 0.2) is 10.5 Å². The SMILES string of the molecule is Cc1sc(CN(C)C(C)(C)C(=O)O)cc1Br. The van der Waals surface area contributed by atoms with Crippen molar-refractivity contribution in [3.8, 4) is 0 Å². The van der Waals surface area contributed by atoms with Crippen molar-refractivity contribution in [2.24, 2.45) is 0 Å². The maximum Gasteiger partial charge on any atom is 0.323 e. The molecule has 0 saturated heterocycles. The van der Waals surface area contributed by atoms with Gasteiger partial charge in [0.25, 0.3) is 0 Å². The number of aliphatic carboxylic acids is 1. The van der Waals surface area contributed by atoms with Crippen molar-refractivity contribution in [2.75, 3.05) is 7.05 Å². The third kappa shape index (κ3) is 2.84. The van der Waals surface area contributed by atoms with Crippen LogP contribution in [0.4, 0.5) is 0 Å². The van der Waals surface area contributed by atoms with Crippen LogP contribution in [0.25, 0.3) is 0 Å². The highest BCUT2D eigenvalue weighted by molar-refractivity contribution is 9.10. The minimum absolute atomic E-state index is 0.649. The molecular formula is C11H16BrNO2S. The van der Waals surface area contributed by atoms with E-state index in [4.69, 9.17) is 5.11 Å². The summed E-state index contributed by atoms with van der Waals surface area (Å²) >= 11 is 5.15. The number of carbonyl (C=O) groups is 1. The zero-order valence-electron chi connectivity index (χ0n) is 9.87. The molecule has 3 nitrogen and oxygen atoms in total. The number of rotatable bonds is 4. The summed E-state index contributed by atoms with van der Waals surface area (Å²) in [7, 11) is 1.83. The molecular weight excluding hydrogens is 290 g/mol. The molecule has 0 aromatic carbocycles. The Balaban J connectivity index is 2.78. The van der Waals surface area contributed by atoms with Gasteiger partial charge in [0, 0.05) is 20.8 Å². The minimum atomic E-state index is -0.843. The molecule has 0 amide bonds. The molecule has 1 heterocycles. The molecule has 16 heavy (non-hydrogen) atoms. The van der Waals surface area contributed by atoms with Crippen molar-refractivity contribution in [2.45, 2.75) is 32.9 Å². The van der Waals surface area contributed by atoms with Gasteiger partial charge in [0.05, 0.1) is 0 Å². The summed E-state index contributed by atoms with van der Waals surface area (Å²) in [4.78, 5) is 15.3. The fourth-order valence-corrected chi connectivity index (χ4v) is 2.85. The summed E-state index contributed by atoms with van der Waals surface area (Å²) in [6, 6.07) is 2.05. The molecule has 0 radical (unpaired) electrons. The van der Waals surface area contributed by atoms with Crippen LogP contribution in [0.5, 0.6) is 0 Å². The topological polar surface area (TPSA) is 40.5 Å². The zero-order chi connectivity index (χ0) is 12.5. The van der Waals surface area contributed by atoms with Gasteiger partial charge in [-0.15, -0.1) is 11.3 Å². The summed E-state index contributed by atoms with van der Waals surface area (Å²) in [5.41, 5.74) is -0.843. The Bertz CT molecular complexity index is 381. The predicted octanol–water partition coefficient (Wildman–Crippen LogP) is 3.11. The van der Waals surface area contributed by atoms with E-state index in [-0.39, 0.29) is 0 Å². The highest BCUT2D eigenvalue weighted by Crippen LogP contribution is 2.28. The van der Waals surface area contributed by atoms with Crippen molar-refractivity contribution in [3.63, 3.8) is 0 Å². The quantitative estimate of drug-likeness (QED) is 0.929. The van der Waals surface area contributed by atoms with Gasteiger partial charge >= 0.3 is 5.97 Å². The van der Waals surface area contributed by atoms with Gasteiger partial charge in [-0.2, -0.15) is 0 Å². The van der Waals surface area contributed by atoms with E-state index in [1.165, 1.54) is 9.75 Å². The number of halogens is 1. The second-order valence-electron chi connectivity index (χ2n) is 4.34. The van der Waals surface area contributed by atoms with Crippen LogP contribution >= 0.6 is 27.3 Å². The van der Waals surface area contributed by atoms with Crippen LogP contribution in [-0.4, -0.2) is 28.6 Å². The van der Waals surface area contributed by atoms with E-state index in [1.807, 2.05) is 18.9 Å². The van der Waals surface area contributed by atoms with Crippen molar-refractivity contribution < 1.29 is 9.90 Å². The van der Waals surface area contributed by atoms with E-state index in [2.05, 4.69) is 22.0 Å². The second-order valence-corrected chi connectivity index (χ2v) is 6.53. The third-order valence-corrected chi connectivity index (χ3v) is 4.90. The van der Waals surface area contributed by atoms with Crippen LogP contribution in [0.2, 0.25) is 0 Å². The standard InChI is InChI=1S/C11H16BrNO2S/c1-7-9(12)5-8(16-7)6-13(4)11(2,3)10(14)15/h5H,6H2,1-4H3,(H,14,15). The van der Waals surface area contributed by atoms with Crippen LogP contribution in [0.1, 0.15) is 23.6 Å². The maximum absolute atomic E-state index is 11.1. The number of carboxylic acid groups (broad SMARTS) is 1. The number of likely N-dealkylation sites (N-methyl/N-ethyl adjacent to an activating group) is 1. The van der Waals surface area contributed by atoms with E-state index < -0.39 is 11.5 Å². The van der Waals surface area contributed by atoms with E-state index in [1.54, 1.807) is 25.2 Å². The van der Waals surface area contributed by atoms with Gasteiger partial charge in [0.1, 0.15) is 5.54 Å². The maximum atomic E-state index is 11.1. The van der Waals surface area contributed by atoms with Gasteiger partial charge in [-0.25, -0.2) is 0 Å². The Morgan fingerprint density at radius 3 is 2.56 bits per heavy atom. The van der Waals surface area contributed by atoms with Crippen molar-refractivity contribution in [3.05, 3.63) is 20.3 Å².